The van der Waals surface area contributed by atoms with Gasteiger partial charge in [0.05, 0.1) is 6.04 Å². The number of allylic oxidation sites excluding steroid dienone is 1. The van der Waals surface area contributed by atoms with Crippen LogP contribution in [0, 0.1) is 0 Å². The highest BCUT2D eigenvalue weighted by Gasteiger charge is 2.25. The molecule has 1 atom stereocenters. The Balaban J connectivity index is 2.27. The number of rotatable bonds is 4. The summed E-state index contributed by atoms with van der Waals surface area (Å²) in [5.74, 6) is 0.0432. The van der Waals surface area contributed by atoms with Crippen LogP contribution in [0.4, 0.5) is 0 Å². The standard InChI is InChI=1S/C9H13ClN2O2/c10-5-1-2-6-11-7-3-4-8(13)12-9(7)14/h1-2,7,11H,3-6H2,(H,12,13,14)/b2-1+. The largest absolute Gasteiger partial charge is 0.302 e. The second-order valence-corrected chi connectivity index (χ2v) is 3.35. The normalized spacial score (nSPS) is 22.8. The van der Waals surface area contributed by atoms with Crippen LogP contribution in [0.5, 0.6) is 0 Å². The maximum absolute atomic E-state index is 11.2. The lowest BCUT2D eigenvalue weighted by Crippen LogP contribution is -2.50. The minimum atomic E-state index is -0.257. The molecule has 0 aromatic carbocycles. The van der Waals surface area contributed by atoms with E-state index in [9.17, 15) is 9.59 Å². The first-order valence-electron chi connectivity index (χ1n) is 4.52. The second kappa shape index (κ2) is 5.78. The van der Waals surface area contributed by atoms with Gasteiger partial charge in [-0.15, -0.1) is 11.6 Å². The van der Waals surface area contributed by atoms with E-state index in [0.29, 0.717) is 25.3 Å². The molecule has 0 radical (unpaired) electrons. The maximum Gasteiger partial charge on any atom is 0.243 e. The molecule has 1 fully saturated rings. The van der Waals surface area contributed by atoms with Gasteiger partial charge in [0.2, 0.25) is 11.8 Å². The van der Waals surface area contributed by atoms with Crippen molar-refractivity contribution in [1.82, 2.24) is 10.6 Å². The molecule has 14 heavy (non-hydrogen) atoms. The number of hydrogen-bond acceptors (Lipinski definition) is 3. The molecule has 2 N–H and O–H groups in total. The third-order valence-electron chi connectivity index (χ3n) is 1.98. The van der Waals surface area contributed by atoms with Crippen LogP contribution in [0.25, 0.3) is 0 Å². The van der Waals surface area contributed by atoms with E-state index >= 15 is 0 Å². The number of halogens is 1. The topological polar surface area (TPSA) is 58.2 Å². The summed E-state index contributed by atoms with van der Waals surface area (Å²) >= 11 is 5.43. The van der Waals surface area contributed by atoms with E-state index in [2.05, 4.69) is 10.6 Å². The summed E-state index contributed by atoms with van der Waals surface area (Å²) in [4.78, 5) is 22.0. The first kappa shape index (κ1) is 11.2. The van der Waals surface area contributed by atoms with E-state index in [1.165, 1.54) is 0 Å². The molecular weight excluding hydrogens is 204 g/mol. The Labute approximate surface area is 87.7 Å². The van der Waals surface area contributed by atoms with E-state index in [4.69, 9.17) is 11.6 Å². The van der Waals surface area contributed by atoms with Gasteiger partial charge in [0, 0.05) is 18.8 Å². The van der Waals surface area contributed by atoms with Gasteiger partial charge < -0.3 is 5.32 Å². The van der Waals surface area contributed by atoms with E-state index < -0.39 is 0 Å². The van der Waals surface area contributed by atoms with Crippen molar-refractivity contribution in [3.05, 3.63) is 12.2 Å². The SMILES string of the molecule is O=C1CCC(NC/C=C/CCl)C(=O)N1. The summed E-state index contributed by atoms with van der Waals surface area (Å²) in [7, 11) is 0. The molecule has 0 aliphatic carbocycles. The summed E-state index contributed by atoms with van der Waals surface area (Å²) in [6.07, 6.45) is 4.64. The number of carbonyl (C=O) groups is 2. The molecule has 1 saturated heterocycles. The molecule has 5 heteroatoms. The van der Waals surface area contributed by atoms with Gasteiger partial charge in [0.25, 0.3) is 0 Å². The van der Waals surface area contributed by atoms with Crippen molar-refractivity contribution in [2.45, 2.75) is 18.9 Å². The molecule has 1 aliphatic heterocycles. The average Bonchev–Trinajstić information content (AvgIpc) is 2.15. The van der Waals surface area contributed by atoms with Crippen LogP contribution in [0.2, 0.25) is 0 Å². The van der Waals surface area contributed by atoms with Crippen LogP contribution < -0.4 is 10.6 Å². The van der Waals surface area contributed by atoms with Gasteiger partial charge in [-0.2, -0.15) is 0 Å². The smallest absolute Gasteiger partial charge is 0.243 e. The maximum atomic E-state index is 11.2. The van der Waals surface area contributed by atoms with Gasteiger partial charge >= 0.3 is 0 Å². The predicted octanol–water partition coefficient (Wildman–Crippen LogP) is 0.176. The number of alkyl halides is 1. The highest BCUT2D eigenvalue weighted by molar-refractivity contribution is 6.18. The fourth-order valence-corrected chi connectivity index (χ4v) is 1.37. The molecular formula is C9H13ClN2O2. The molecule has 78 valence electrons. The molecule has 0 saturated carbocycles. The predicted molar refractivity (Wildman–Crippen MR) is 54.0 cm³/mol. The summed E-state index contributed by atoms with van der Waals surface area (Å²) in [6.45, 7) is 0.596. The van der Waals surface area contributed by atoms with Crippen molar-refractivity contribution in [3.63, 3.8) is 0 Å². The van der Waals surface area contributed by atoms with Crippen LogP contribution in [0.3, 0.4) is 0 Å². The Morgan fingerprint density at radius 3 is 2.93 bits per heavy atom. The van der Waals surface area contributed by atoms with Crippen LogP contribution in [-0.4, -0.2) is 30.3 Å². The first-order valence-corrected chi connectivity index (χ1v) is 5.05. The number of imide groups is 1. The van der Waals surface area contributed by atoms with Crippen molar-refractivity contribution in [2.75, 3.05) is 12.4 Å². The van der Waals surface area contributed by atoms with Crippen LogP contribution in [0.1, 0.15) is 12.8 Å². The summed E-state index contributed by atoms with van der Waals surface area (Å²) < 4.78 is 0. The fourth-order valence-electron chi connectivity index (χ4n) is 1.24. The minimum Gasteiger partial charge on any atom is -0.302 e. The lowest BCUT2D eigenvalue weighted by molar-refractivity contribution is -0.134. The van der Waals surface area contributed by atoms with Crippen molar-refractivity contribution in [3.8, 4) is 0 Å². The van der Waals surface area contributed by atoms with Gasteiger partial charge in [-0.05, 0) is 6.42 Å². The highest BCUT2D eigenvalue weighted by atomic mass is 35.5. The lowest BCUT2D eigenvalue weighted by atomic mass is 10.1. The summed E-state index contributed by atoms with van der Waals surface area (Å²) in [5, 5.41) is 5.30. The van der Waals surface area contributed by atoms with Gasteiger partial charge in [-0.25, -0.2) is 0 Å². The van der Waals surface area contributed by atoms with E-state index in [1.807, 2.05) is 6.08 Å². The Kier molecular flexibility index (Phi) is 4.62. The molecule has 0 aromatic heterocycles. The number of piperidine rings is 1. The Morgan fingerprint density at radius 1 is 1.50 bits per heavy atom. The average molecular weight is 217 g/mol. The zero-order valence-electron chi connectivity index (χ0n) is 7.75. The Hall–Kier alpha value is -0.870. The summed E-state index contributed by atoms with van der Waals surface area (Å²) in [5.41, 5.74) is 0. The zero-order valence-corrected chi connectivity index (χ0v) is 8.51. The molecule has 4 nitrogen and oxygen atoms in total. The van der Waals surface area contributed by atoms with Crippen LogP contribution in [0.15, 0.2) is 12.2 Å². The van der Waals surface area contributed by atoms with Crippen molar-refractivity contribution in [2.24, 2.45) is 0 Å². The van der Waals surface area contributed by atoms with Crippen molar-refractivity contribution < 1.29 is 9.59 Å². The Bertz CT molecular complexity index is 253. The third-order valence-corrected chi connectivity index (χ3v) is 2.16. The molecule has 2 amide bonds. The minimum absolute atomic E-state index is 0.190. The second-order valence-electron chi connectivity index (χ2n) is 3.04. The van der Waals surface area contributed by atoms with E-state index in [0.717, 1.165) is 0 Å². The molecule has 0 spiro atoms. The van der Waals surface area contributed by atoms with Gasteiger partial charge in [0.15, 0.2) is 0 Å². The van der Waals surface area contributed by atoms with Gasteiger partial charge in [0.1, 0.15) is 0 Å². The van der Waals surface area contributed by atoms with E-state index in [-0.39, 0.29) is 17.9 Å². The molecule has 1 heterocycles. The number of carbonyl (C=O) groups excluding carboxylic acids is 2. The Morgan fingerprint density at radius 2 is 2.29 bits per heavy atom. The van der Waals surface area contributed by atoms with Crippen LogP contribution >= 0.6 is 11.6 Å². The van der Waals surface area contributed by atoms with Gasteiger partial charge in [-0.1, -0.05) is 12.2 Å². The van der Waals surface area contributed by atoms with Crippen molar-refractivity contribution in [1.29, 1.82) is 0 Å². The number of nitrogens with one attached hydrogen (secondary N) is 2. The van der Waals surface area contributed by atoms with Crippen LogP contribution in [-0.2, 0) is 9.59 Å². The fraction of sp³-hybridized carbons (Fsp3) is 0.556. The monoisotopic (exact) mass is 216 g/mol. The number of hydrogen-bond donors (Lipinski definition) is 2. The van der Waals surface area contributed by atoms with Gasteiger partial charge in [-0.3, -0.25) is 14.9 Å². The quantitative estimate of drug-likeness (QED) is 0.400. The molecule has 0 aromatic rings. The molecule has 1 unspecified atom stereocenters. The summed E-state index contributed by atoms with van der Waals surface area (Å²) in [6, 6.07) is -0.257. The third kappa shape index (κ3) is 3.47. The van der Waals surface area contributed by atoms with E-state index in [1.54, 1.807) is 6.08 Å². The molecule has 0 bridgehead atoms. The highest BCUT2D eigenvalue weighted by Crippen LogP contribution is 2.03. The van der Waals surface area contributed by atoms with Crippen molar-refractivity contribution >= 4 is 23.4 Å². The lowest BCUT2D eigenvalue weighted by Gasteiger charge is -2.21. The zero-order chi connectivity index (χ0) is 10.4. The first-order chi connectivity index (χ1) is 6.74. The number of amides is 2. The molecule has 1 aliphatic rings. The molecule has 1 rings (SSSR count).